The number of nitrogens with zero attached hydrogens (tertiary/aromatic N) is 2. The number of aromatic nitrogens is 2. The van der Waals surface area contributed by atoms with E-state index in [0.717, 1.165) is 23.0 Å². The molecule has 0 aliphatic carbocycles. The van der Waals surface area contributed by atoms with Crippen LogP contribution in [0.25, 0.3) is 17.1 Å². The number of aryl methyl sites for hydroxylation is 1. The van der Waals surface area contributed by atoms with Crippen LogP contribution in [-0.2, 0) is 11.2 Å². The largest absolute Gasteiger partial charge is 0.450 e. The van der Waals surface area contributed by atoms with Gasteiger partial charge in [-0.05, 0) is 54.1 Å². The number of benzene rings is 2. The molecule has 2 heterocycles. The fourth-order valence-electron chi connectivity index (χ4n) is 2.97. The molecule has 2 N–H and O–H groups in total. The number of amides is 1. The molecular weight excluding hydrogens is 396 g/mol. The van der Waals surface area contributed by atoms with Crippen molar-refractivity contribution in [3.63, 3.8) is 0 Å². The molecule has 1 amide bonds. The van der Waals surface area contributed by atoms with Gasteiger partial charge in [-0.2, -0.15) is 5.26 Å². The van der Waals surface area contributed by atoms with Crippen LogP contribution < -0.4 is 5.32 Å². The first-order valence-electron chi connectivity index (χ1n) is 9.39. The lowest BCUT2D eigenvalue weighted by atomic mass is 10.1. The lowest BCUT2D eigenvalue weighted by Gasteiger charge is -2.08. The van der Waals surface area contributed by atoms with Crippen molar-refractivity contribution in [3.05, 3.63) is 77.6 Å². The first kappa shape index (κ1) is 19.6. The van der Waals surface area contributed by atoms with Crippen molar-refractivity contribution in [2.45, 2.75) is 23.6 Å². The Balaban J connectivity index is 1.49. The number of carbonyl (C=O) groups excluding carboxylic acids is 1. The molecule has 0 aliphatic rings. The number of imidazole rings is 1. The number of carbonyl (C=O) groups is 1. The highest BCUT2D eigenvalue weighted by Gasteiger charge is 2.13. The Bertz CT molecular complexity index is 1250. The number of para-hydroxylation sites is 3. The van der Waals surface area contributed by atoms with Crippen LogP contribution in [0.5, 0.6) is 0 Å². The van der Waals surface area contributed by atoms with Gasteiger partial charge in [0.15, 0.2) is 10.2 Å². The number of aromatic amines is 1. The monoisotopic (exact) mass is 414 g/mol. The van der Waals surface area contributed by atoms with Gasteiger partial charge in [0.25, 0.3) is 5.91 Å². The number of H-pyrrole nitrogens is 1. The number of furan rings is 1. The van der Waals surface area contributed by atoms with E-state index < -0.39 is 5.91 Å². The van der Waals surface area contributed by atoms with Crippen LogP contribution in [0.2, 0.25) is 0 Å². The lowest BCUT2D eigenvalue weighted by Crippen LogP contribution is -2.14. The van der Waals surface area contributed by atoms with Crippen LogP contribution in [0.3, 0.4) is 0 Å². The molecule has 0 aliphatic heterocycles. The van der Waals surface area contributed by atoms with Crippen molar-refractivity contribution in [2.24, 2.45) is 0 Å². The third kappa shape index (κ3) is 4.29. The van der Waals surface area contributed by atoms with Gasteiger partial charge in [-0.15, -0.1) is 0 Å². The Morgan fingerprint density at radius 2 is 2.00 bits per heavy atom. The molecule has 0 spiro atoms. The summed E-state index contributed by atoms with van der Waals surface area (Å²) < 4.78 is 5.76. The summed E-state index contributed by atoms with van der Waals surface area (Å²) in [6, 6.07) is 20.7. The number of nitriles is 1. The van der Waals surface area contributed by atoms with Gasteiger partial charge in [-0.1, -0.05) is 37.3 Å². The molecule has 2 aromatic carbocycles. The van der Waals surface area contributed by atoms with Crippen LogP contribution in [-0.4, -0.2) is 15.9 Å². The molecule has 6 nitrogen and oxygen atoms in total. The smallest absolute Gasteiger partial charge is 0.266 e. The SMILES string of the molecule is CCc1ccccc1NC(=O)/C(C#N)=C\c1ccc(Sc2nc3ccccc3[nH]2)o1. The number of anilines is 1. The molecule has 30 heavy (non-hydrogen) atoms. The van der Waals surface area contributed by atoms with E-state index in [2.05, 4.69) is 15.3 Å². The molecule has 2 aromatic heterocycles. The van der Waals surface area contributed by atoms with E-state index in [4.69, 9.17) is 4.42 Å². The first-order chi connectivity index (χ1) is 14.7. The van der Waals surface area contributed by atoms with Crippen LogP contribution in [0.1, 0.15) is 18.2 Å². The van der Waals surface area contributed by atoms with E-state index in [0.29, 0.717) is 21.7 Å². The number of hydrogen-bond acceptors (Lipinski definition) is 5. The average Bonchev–Trinajstić information content (AvgIpc) is 3.38. The minimum absolute atomic E-state index is 0.0319. The Morgan fingerprint density at radius 3 is 2.80 bits per heavy atom. The van der Waals surface area contributed by atoms with Gasteiger partial charge < -0.3 is 14.7 Å². The molecule has 0 radical (unpaired) electrons. The predicted octanol–water partition coefficient (Wildman–Crippen LogP) is 5.42. The maximum atomic E-state index is 12.5. The molecule has 0 saturated carbocycles. The summed E-state index contributed by atoms with van der Waals surface area (Å²) in [5.74, 6) is -0.0506. The minimum atomic E-state index is -0.471. The topological polar surface area (TPSA) is 94.7 Å². The number of rotatable bonds is 6. The van der Waals surface area contributed by atoms with Crippen molar-refractivity contribution in [1.29, 1.82) is 5.26 Å². The zero-order chi connectivity index (χ0) is 20.9. The molecule has 7 heteroatoms. The minimum Gasteiger partial charge on any atom is -0.450 e. The van der Waals surface area contributed by atoms with Gasteiger partial charge in [-0.3, -0.25) is 4.79 Å². The number of nitrogens with one attached hydrogen (secondary N) is 2. The van der Waals surface area contributed by atoms with Crippen molar-refractivity contribution in [3.8, 4) is 6.07 Å². The zero-order valence-corrected chi connectivity index (χ0v) is 17.0. The average molecular weight is 414 g/mol. The van der Waals surface area contributed by atoms with Gasteiger partial charge >= 0.3 is 0 Å². The fourth-order valence-corrected chi connectivity index (χ4v) is 3.74. The van der Waals surface area contributed by atoms with Crippen LogP contribution in [0, 0.1) is 11.3 Å². The maximum Gasteiger partial charge on any atom is 0.266 e. The highest BCUT2D eigenvalue weighted by molar-refractivity contribution is 7.99. The second-order valence-electron chi connectivity index (χ2n) is 6.45. The van der Waals surface area contributed by atoms with Gasteiger partial charge in [0.1, 0.15) is 17.4 Å². The Labute approximate surface area is 177 Å². The fraction of sp³-hybridized carbons (Fsp3) is 0.0870. The third-order valence-corrected chi connectivity index (χ3v) is 5.27. The molecule has 0 fully saturated rings. The highest BCUT2D eigenvalue weighted by atomic mass is 32.2. The van der Waals surface area contributed by atoms with E-state index in [1.165, 1.54) is 17.8 Å². The number of hydrogen-bond donors (Lipinski definition) is 2. The van der Waals surface area contributed by atoms with Crippen LogP contribution >= 0.6 is 11.8 Å². The summed E-state index contributed by atoms with van der Waals surface area (Å²) in [7, 11) is 0. The summed E-state index contributed by atoms with van der Waals surface area (Å²) in [6.07, 6.45) is 2.22. The van der Waals surface area contributed by atoms with E-state index in [-0.39, 0.29) is 5.57 Å². The summed E-state index contributed by atoms with van der Waals surface area (Å²) in [5, 5.41) is 13.6. The summed E-state index contributed by atoms with van der Waals surface area (Å²) in [4.78, 5) is 20.3. The first-order valence-corrected chi connectivity index (χ1v) is 10.2. The molecule has 0 bridgehead atoms. The van der Waals surface area contributed by atoms with E-state index in [1.54, 1.807) is 12.1 Å². The quantitative estimate of drug-likeness (QED) is 0.325. The van der Waals surface area contributed by atoms with Crippen molar-refractivity contribution >= 4 is 40.5 Å². The van der Waals surface area contributed by atoms with Gasteiger partial charge in [0, 0.05) is 11.8 Å². The van der Waals surface area contributed by atoms with Gasteiger partial charge in [0.2, 0.25) is 0 Å². The second-order valence-corrected chi connectivity index (χ2v) is 7.45. The van der Waals surface area contributed by atoms with Crippen LogP contribution in [0.15, 0.2) is 80.9 Å². The molecule has 4 aromatic rings. The van der Waals surface area contributed by atoms with Crippen molar-refractivity contribution in [1.82, 2.24) is 9.97 Å². The van der Waals surface area contributed by atoms with Crippen LogP contribution in [0.4, 0.5) is 5.69 Å². The second kappa shape index (κ2) is 8.72. The predicted molar refractivity (Wildman–Crippen MR) is 117 cm³/mol. The highest BCUT2D eigenvalue weighted by Crippen LogP contribution is 2.29. The zero-order valence-electron chi connectivity index (χ0n) is 16.2. The molecule has 0 unspecified atom stereocenters. The van der Waals surface area contributed by atoms with E-state index in [9.17, 15) is 10.1 Å². The third-order valence-electron chi connectivity index (χ3n) is 4.47. The van der Waals surface area contributed by atoms with Crippen molar-refractivity contribution < 1.29 is 9.21 Å². The molecule has 4 rings (SSSR count). The maximum absolute atomic E-state index is 12.5. The standard InChI is InChI=1S/C23H18N4O2S/c1-2-15-7-3-4-8-18(15)25-22(28)16(14-24)13-17-11-12-21(29-17)30-23-26-19-9-5-6-10-20(19)27-23/h3-13H,2H2,1H3,(H,25,28)(H,26,27)/b16-13-. The summed E-state index contributed by atoms with van der Waals surface area (Å²) in [5.41, 5.74) is 3.50. The lowest BCUT2D eigenvalue weighted by molar-refractivity contribution is -0.112. The molecule has 0 saturated heterocycles. The normalized spacial score (nSPS) is 11.4. The Morgan fingerprint density at radius 1 is 1.20 bits per heavy atom. The summed E-state index contributed by atoms with van der Waals surface area (Å²) in [6.45, 7) is 2.01. The van der Waals surface area contributed by atoms with Gasteiger partial charge in [0.05, 0.1) is 11.0 Å². The van der Waals surface area contributed by atoms with E-state index >= 15 is 0 Å². The van der Waals surface area contributed by atoms with Gasteiger partial charge in [-0.25, -0.2) is 4.98 Å². The molecule has 148 valence electrons. The molecule has 0 atom stereocenters. The molecular formula is C23H18N4O2S. The van der Waals surface area contributed by atoms with Crippen molar-refractivity contribution in [2.75, 3.05) is 5.32 Å². The Hall–Kier alpha value is -3.76. The summed E-state index contributed by atoms with van der Waals surface area (Å²) >= 11 is 1.34. The van der Waals surface area contributed by atoms with E-state index in [1.807, 2.05) is 61.5 Å². The Kier molecular flexibility index (Phi) is 5.68. The number of fused-ring (bicyclic) bond motifs is 1.